The molecular weight excluding hydrogens is 166 g/mol. The van der Waals surface area contributed by atoms with Crippen molar-refractivity contribution in [2.45, 2.75) is 33.1 Å². The second kappa shape index (κ2) is 4.09. The minimum Gasteiger partial charge on any atom is -0.465 e. The number of nitrogens with two attached hydrogens (primary N) is 1. The Morgan fingerprint density at radius 2 is 2.15 bits per heavy atom. The van der Waals surface area contributed by atoms with Crippen molar-refractivity contribution in [3.05, 3.63) is 0 Å². The third-order valence-electron chi connectivity index (χ3n) is 2.52. The summed E-state index contributed by atoms with van der Waals surface area (Å²) in [5.41, 5.74) is 4.93. The topological polar surface area (TPSA) is 52.3 Å². The van der Waals surface area contributed by atoms with Gasteiger partial charge in [0.1, 0.15) is 0 Å². The summed E-state index contributed by atoms with van der Waals surface area (Å²) in [4.78, 5) is 11.4. The number of hydrogen-bond acceptors (Lipinski definition) is 3. The molecule has 0 saturated heterocycles. The van der Waals surface area contributed by atoms with E-state index >= 15 is 0 Å². The maximum Gasteiger partial charge on any atom is 0.312 e. The zero-order chi connectivity index (χ0) is 9.90. The zero-order valence-electron chi connectivity index (χ0n) is 8.51. The third kappa shape index (κ3) is 3.35. The van der Waals surface area contributed by atoms with Gasteiger partial charge in [0.15, 0.2) is 0 Å². The number of ether oxygens (including phenoxy) is 1. The Balaban J connectivity index is 2.15. The molecule has 13 heavy (non-hydrogen) atoms. The molecule has 0 unspecified atom stereocenters. The fraction of sp³-hybridized carbons (Fsp3) is 0.900. The van der Waals surface area contributed by atoms with Crippen molar-refractivity contribution in [2.24, 2.45) is 17.1 Å². The van der Waals surface area contributed by atoms with Crippen molar-refractivity contribution in [3.63, 3.8) is 0 Å². The first-order valence-corrected chi connectivity index (χ1v) is 4.93. The van der Waals surface area contributed by atoms with E-state index in [0.717, 1.165) is 12.3 Å². The Hall–Kier alpha value is -0.570. The lowest BCUT2D eigenvalue weighted by Gasteiger charge is -2.19. The highest BCUT2D eigenvalue weighted by atomic mass is 16.5. The standard InChI is InChI=1S/C10H19NO2/c1-10(2,7-11)9(12)13-6-5-8-3-4-8/h8H,3-7,11H2,1-2H3. The largest absolute Gasteiger partial charge is 0.465 e. The maximum absolute atomic E-state index is 11.4. The van der Waals surface area contributed by atoms with Gasteiger partial charge in [-0.2, -0.15) is 0 Å². The monoisotopic (exact) mass is 185 g/mol. The Bertz CT molecular complexity index is 185. The van der Waals surface area contributed by atoms with Crippen molar-refractivity contribution in [2.75, 3.05) is 13.2 Å². The molecular formula is C10H19NO2. The number of carbonyl (C=O) groups is 1. The SMILES string of the molecule is CC(C)(CN)C(=O)OCCC1CC1. The van der Waals surface area contributed by atoms with Crippen molar-refractivity contribution >= 4 is 5.97 Å². The lowest BCUT2D eigenvalue weighted by atomic mass is 9.94. The van der Waals surface area contributed by atoms with Crippen LogP contribution in [-0.2, 0) is 9.53 Å². The van der Waals surface area contributed by atoms with Crippen LogP contribution in [0.15, 0.2) is 0 Å². The quantitative estimate of drug-likeness (QED) is 0.657. The molecule has 0 bridgehead atoms. The molecule has 2 N–H and O–H groups in total. The summed E-state index contributed by atoms with van der Waals surface area (Å²) in [7, 11) is 0. The van der Waals surface area contributed by atoms with Gasteiger partial charge in [-0.05, 0) is 26.2 Å². The predicted molar refractivity (Wildman–Crippen MR) is 51.1 cm³/mol. The summed E-state index contributed by atoms with van der Waals surface area (Å²) in [5.74, 6) is 0.643. The van der Waals surface area contributed by atoms with Crippen LogP contribution in [0.3, 0.4) is 0 Å². The van der Waals surface area contributed by atoms with Gasteiger partial charge in [-0.15, -0.1) is 0 Å². The molecule has 0 heterocycles. The highest BCUT2D eigenvalue weighted by molar-refractivity contribution is 5.76. The van der Waals surface area contributed by atoms with Crippen LogP contribution in [0.1, 0.15) is 33.1 Å². The van der Waals surface area contributed by atoms with Gasteiger partial charge in [0.05, 0.1) is 12.0 Å². The number of carbonyl (C=O) groups excluding carboxylic acids is 1. The van der Waals surface area contributed by atoms with Gasteiger partial charge < -0.3 is 10.5 Å². The molecule has 1 fully saturated rings. The van der Waals surface area contributed by atoms with E-state index in [-0.39, 0.29) is 5.97 Å². The molecule has 0 aliphatic heterocycles. The van der Waals surface area contributed by atoms with Gasteiger partial charge in [0.25, 0.3) is 0 Å². The van der Waals surface area contributed by atoms with Crippen LogP contribution in [0, 0.1) is 11.3 Å². The molecule has 0 spiro atoms. The Morgan fingerprint density at radius 3 is 2.62 bits per heavy atom. The summed E-state index contributed by atoms with van der Waals surface area (Å²) in [6.45, 7) is 4.53. The van der Waals surface area contributed by atoms with Crippen molar-refractivity contribution < 1.29 is 9.53 Å². The average molecular weight is 185 g/mol. The average Bonchev–Trinajstić information content (AvgIpc) is 2.88. The molecule has 1 aliphatic carbocycles. The normalized spacial score (nSPS) is 17.2. The third-order valence-corrected chi connectivity index (χ3v) is 2.52. The molecule has 1 rings (SSSR count). The molecule has 0 atom stereocenters. The lowest BCUT2D eigenvalue weighted by molar-refractivity contribution is -0.153. The van der Waals surface area contributed by atoms with E-state index < -0.39 is 5.41 Å². The smallest absolute Gasteiger partial charge is 0.312 e. The van der Waals surface area contributed by atoms with Gasteiger partial charge in [-0.25, -0.2) is 0 Å². The minimum atomic E-state index is -0.524. The lowest BCUT2D eigenvalue weighted by Crippen LogP contribution is -2.34. The Kier molecular flexibility index (Phi) is 3.31. The first-order chi connectivity index (χ1) is 6.06. The molecule has 0 radical (unpaired) electrons. The highest BCUT2D eigenvalue weighted by Crippen LogP contribution is 2.32. The maximum atomic E-state index is 11.4. The van der Waals surface area contributed by atoms with Gasteiger partial charge in [-0.3, -0.25) is 4.79 Å². The molecule has 0 aromatic rings. The number of hydrogen-bond donors (Lipinski definition) is 1. The van der Waals surface area contributed by atoms with Crippen LogP contribution >= 0.6 is 0 Å². The fourth-order valence-corrected chi connectivity index (χ4v) is 1.00. The molecule has 0 aromatic carbocycles. The van der Waals surface area contributed by atoms with Crippen LogP contribution in [0.2, 0.25) is 0 Å². The summed E-state index contributed by atoms with van der Waals surface area (Å²) < 4.78 is 5.13. The summed E-state index contributed by atoms with van der Waals surface area (Å²) >= 11 is 0. The van der Waals surface area contributed by atoms with Crippen LogP contribution in [0.5, 0.6) is 0 Å². The molecule has 1 aliphatic rings. The van der Waals surface area contributed by atoms with Crippen LogP contribution < -0.4 is 5.73 Å². The van der Waals surface area contributed by atoms with Gasteiger partial charge in [0.2, 0.25) is 0 Å². The first kappa shape index (κ1) is 10.5. The van der Waals surface area contributed by atoms with Gasteiger partial charge in [-0.1, -0.05) is 12.8 Å². The molecule has 0 aromatic heterocycles. The van der Waals surface area contributed by atoms with E-state index in [1.807, 2.05) is 13.8 Å². The van der Waals surface area contributed by atoms with E-state index in [1.165, 1.54) is 12.8 Å². The van der Waals surface area contributed by atoms with E-state index in [9.17, 15) is 4.79 Å². The number of esters is 1. The molecule has 3 nitrogen and oxygen atoms in total. The highest BCUT2D eigenvalue weighted by Gasteiger charge is 2.28. The van der Waals surface area contributed by atoms with Crippen LogP contribution in [0.25, 0.3) is 0 Å². The van der Waals surface area contributed by atoms with Crippen LogP contribution in [0.4, 0.5) is 0 Å². The van der Waals surface area contributed by atoms with Crippen LogP contribution in [-0.4, -0.2) is 19.1 Å². The van der Waals surface area contributed by atoms with E-state index in [2.05, 4.69) is 0 Å². The Labute approximate surface area is 79.6 Å². The molecule has 76 valence electrons. The fourth-order valence-electron chi connectivity index (χ4n) is 1.00. The van der Waals surface area contributed by atoms with E-state index in [4.69, 9.17) is 10.5 Å². The second-order valence-electron chi connectivity index (χ2n) is 4.46. The zero-order valence-corrected chi connectivity index (χ0v) is 8.51. The predicted octanol–water partition coefficient (Wildman–Crippen LogP) is 1.31. The summed E-state index contributed by atoms with van der Waals surface area (Å²) in [6, 6.07) is 0. The summed E-state index contributed by atoms with van der Waals surface area (Å²) in [5, 5.41) is 0. The van der Waals surface area contributed by atoms with Crippen molar-refractivity contribution in [1.82, 2.24) is 0 Å². The first-order valence-electron chi connectivity index (χ1n) is 4.93. The van der Waals surface area contributed by atoms with E-state index in [1.54, 1.807) is 0 Å². The molecule has 1 saturated carbocycles. The number of rotatable bonds is 5. The second-order valence-corrected chi connectivity index (χ2v) is 4.46. The van der Waals surface area contributed by atoms with Gasteiger partial charge >= 0.3 is 5.97 Å². The van der Waals surface area contributed by atoms with Gasteiger partial charge in [0, 0.05) is 6.54 Å². The van der Waals surface area contributed by atoms with E-state index in [0.29, 0.717) is 13.2 Å². The molecule has 0 amide bonds. The summed E-state index contributed by atoms with van der Waals surface area (Å²) in [6.07, 6.45) is 3.63. The Morgan fingerprint density at radius 1 is 1.54 bits per heavy atom. The van der Waals surface area contributed by atoms with Crippen molar-refractivity contribution in [3.8, 4) is 0 Å². The molecule has 3 heteroatoms. The minimum absolute atomic E-state index is 0.171. The van der Waals surface area contributed by atoms with Crippen molar-refractivity contribution in [1.29, 1.82) is 0 Å².